The average molecular weight is 365 g/mol. The van der Waals surface area contributed by atoms with Gasteiger partial charge in [0, 0.05) is 16.1 Å². The second kappa shape index (κ2) is 7.24. The first-order valence-electron chi connectivity index (χ1n) is 7.05. The molecule has 4 heteroatoms. The van der Waals surface area contributed by atoms with Crippen molar-refractivity contribution in [2.45, 2.75) is 47.1 Å². The molecule has 1 N–H and O–H groups in total. The molecular weight excluding hydrogens is 341 g/mol. The van der Waals surface area contributed by atoms with Crippen molar-refractivity contribution in [3.63, 3.8) is 0 Å². The van der Waals surface area contributed by atoms with Gasteiger partial charge in [0.1, 0.15) is 5.82 Å². The van der Waals surface area contributed by atoms with Gasteiger partial charge >= 0.3 is 0 Å². The third-order valence-corrected chi connectivity index (χ3v) is 5.22. The van der Waals surface area contributed by atoms with Gasteiger partial charge in [-0.2, -0.15) is 0 Å². The summed E-state index contributed by atoms with van der Waals surface area (Å²) in [5.41, 5.74) is 0.847. The van der Waals surface area contributed by atoms with Gasteiger partial charge in [-0.1, -0.05) is 52.3 Å². The SMILES string of the molecule is CCNC(CC(C)C(C)(C)C)c1ccc(Br)c(Cl)c1F. The lowest BCUT2D eigenvalue weighted by molar-refractivity contribution is 0.222. The van der Waals surface area contributed by atoms with Gasteiger partial charge < -0.3 is 5.32 Å². The van der Waals surface area contributed by atoms with Crippen LogP contribution in [0.5, 0.6) is 0 Å². The number of rotatable bonds is 5. The molecule has 0 fully saturated rings. The Morgan fingerprint density at radius 2 is 1.95 bits per heavy atom. The summed E-state index contributed by atoms with van der Waals surface area (Å²) in [7, 11) is 0. The van der Waals surface area contributed by atoms with Crippen LogP contribution >= 0.6 is 27.5 Å². The fourth-order valence-corrected chi connectivity index (χ4v) is 2.56. The summed E-state index contributed by atoms with van der Waals surface area (Å²) < 4.78 is 15.0. The van der Waals surface area contributed by atoms with Gasteiger partial charge in [0.25, 0.3) is 0 Å². The number of hydrogen-bond acceptors (Lipinski definition) is 1. The molecule has 0 heterocycles. The average Bonchev–Trinajstić information content (AvgIpc) is 2.34. The van der Waals surface area contributed by atoms with E-state index in [0.29, 0.717) is 16.0 Å². The normalized spacial score (nSPS) is 15.2. The Balaban J connectivity index is 3.06. The lowest BCUT2D eigenvalue weighted by atomic mass is 9.77. The topological polar surface area (TPSA) is 12.0 Å². The van der Waals surface area contributed by atoms with E-state index >= 15 is 0 Å². The molecule has 0 aliphatic carbocycles. The van der Waals surface area contributed by atoms with Crippen LogP contribution in [0, 0.1) is 17.2 Å². The van der Waals surface area contributed by atoms with Crippen molar-refractivity contribution in [1.82, 2.24) is 5.32 Å². The first-order valence-corrected chi connectivity index (χ1v) is 8.22. The number of nitrogens with one attached hydrogen (secondary N) is 1. The summed E-state index contributed by atoms with van der Waals surface area (Å²) in [6, 6.07) is 3.61. The molecule has 0 saturated heterocycles. The minimum atomic E-state index is -0.326. The summed E-state index contributed by atoms with van der Waals surface area (Å²) in [5, 5.41) is 3.54. The van der Waals surface area contributed by atoms with E-state index < -0.39 is 0 Å². The molecule has 0 radical (unpaired) electrons. The van der Waals surface area contributed by atoms with Gasteiger partial charge in [0.15, 0.2) is 0 Å². The van der Waals surface area contributed by atoms with E-state index in [4.69, 9.17) is 11.6 Å². The Morgan fingerprint density at radius 1 is 1.35 bits per heavy atom. The van der Waals surface area contributed by atoms with Crippen LogP contribution in [0.15, 0.2) is 16.6 Å². The van der Waals surface area contributed by atoms with Crippen molar-refractivity contribution in [1.29, 1.82) is 0 Å². The Morgan fingerprint density at radius 3 is 2.45 bits per heavy atom. The monoisotopic (exact) mass is 363 g/mol. The molecule has 0 amide bonds. The van der Waals surface area contributed by atoms with Gasteiger partial charge in [-0.25, -0.2) is 4.39 Å². The maximum Gasteiger partial charge on any atom is 0.147 e. The van der Waals surface area contributed by atoms with Crippen molar-refractivity contribution < 1.29 is 4.39 Å². The third-order valence-electron chi connectivity index (χ3n) is 3.96. The predicted molar refractivity (Wildman–Crippen MR) is 88.8 cm³/mol. The highest BCUT2D eigenvalue weighted by Crippen LogP contribution is 2.36. The smallest absolute Gasteiger partial charge is 0.147 e. The molecule has 0 aromatic heterocycles. The van der Waals surface area contributed by atoms with E-state index in [1.165, 1.54) is 0 Å². The van der Waals surface area contributed by atoms with Crippen LogP contribution in [-0.2, 0) is 0 Å². The number of halogens is 3. The highest BCUT2D eigenvalue weighted by atomic mass is 79.9. The Bertz CT molecular complexity index is 457. The number of hydrogen-bond donors (Lipinski definition) is 1. The second-order valence-electron chi connectivity index (χ2n) is 6.38. The predicted octanol–water partition coefficient (Wildman–Crippen LogP) is 5.96. The number of benzene rings is 1. The molecule has 0 bridgehead atoms. The fourth-order valence-electron chi connectivity index (χ4n) is 2.08. The van der Waals surface area contributed by atoms with E-state index in [2.05, 4.69) is 48.9 Å². The quantitative estimate of drug-likeness (QED) is 0.635. The van der Waals surface area contributed by atoms with E-state index in [9.17, 15) is 4.39 Å². The lowest BCUT2D eigenvalue weighted by Gasteiger charge is -2.31. The molecule has 1 rings (SSSR count). The Hall–Kier alpha value is -0.120. The van der Waals surface area contributed by atoms with Crippen LogP contribution in [0.2, 0.25) is 5.02 Å². The summed E-state index contributed by atoms with van der Waals surface area (Å²) in [6.07, 6.45) is 0.881. The summed E-state index contributed by atoms with van der Waals surface area (Å²) in [5.74, 6) is 0.140. The molecule has 1 aromatic rings. The van der Waals surface area contributed by atoms with Crippen LogP contribution in [0.4, 0.5) is 4.39 Å². The molecule has 114 valence electrons. The van der Waals surface area contributed by atoms with Crippen molar-refractivity contribution >= 4 is 27.5 Å². The van der Waals surface area contributed by atoms with Crippen LogP contribution < -0.4 is 5.32 Å². The lowest BCUT2D eigenvalue weighted by Crippen LogP contribution is -2.28. The fraction of sp³-hybridized carbons (Fsp3) is 0.625. The van der Waals surface area contributed by atoms with Gasteiger partial charge in [-0.15, -0.1) is 0 Å². The highest BCUT2D eigenvalue weighted by molar-refractivity contribution is 9.10. The minimum absolute atomic E-state index is 0.0141. The highest BCUT2D eigenvalue weighted by Gasteiger charge is 2.26. The van der Waals surface area contributed by atoms with E-state index in [0.717, 1.165) is 13.0 Å². The van der Waals surface area contributed by atoms with E-state index in [1.807, 2.05) is 19.1 Å². The van der Waals surface area contributed by atoms with Crippen LogP contribution in [0.1, 0.15) is 52.6 Å². The van der Waals surface area contributed by atoms with Gasteiger partial charge in [0.05, 0.1) is 5.02 Å². The zero-order chi connectivity index (χ0) is 15.5. The Labute approximate surface area is 135 Å². The molecule has 2 atom stereocenters. The molecule has 0 aliphatic rings. The zero-order valence-electron chi connectivity index (χ0n) is 12.9. The van der Waals surface area contributed by atoms with E-state index in [-0.39, 0.29) is 22.3 Å². The molecule has 2 unspecified atom stereocenters. The van der Waals surface area contributed by atoms with Gasteiger partial charge in [-0.3, -0.25) is 0 Å². The van der Waals surface area contributed by atoms with Crippen molar-refractivity contribution in [2.24, 2.45) is 11.3 Å². The van der Waals surface area contributed by atoms with Crippen molar-refractivity contribution in [3.05, 3.63) is 33.0 Å². The van der Waals surface area contributed by atoms with Crippen LogP contribution in [-0.4, -0.2) is 6.54 Å². The first-order chi connectivity index (χ1) is 9.18. The van der Waals surface area contributed by atoms with E-state index in [1.54, 1.807) is 0 Å². The van der Waals surface area contributed by atoms with Gasteiger partial charge in [0.2, 0.25) is 0 Å². The second-order valence-corrected chi connectivity index (χ2v) is 7.61. The zero-order valence-corrected chi connectivity index (χ0v) is 15.2. The standard InChI is InChI=1S/C16H24BrClFN/c1-6-20-13(9-10(2)16(3,4)5)11-7-8-12(17)14(18)15(11)19/h7-8,10,13,20H,6,9H2,1-5H3. The molecule has 20 heavy (non-hydrogen) atoms. The third kappa shape index (κ3) is 4.44. The maximum atomic E-state index is 14.4. The minimum Gasteiger partial charge on any atom is -0.310 e. The maximum absolute atomic E-state index is 14.4. The van der Waals surface area contributed by atoms with Crippen LogP contribution in [0.3, 0.4) is 0 Å². The summed E-state index contributed by atoms with van der Waals surface area (Å²) in [6.45, 7) is 11.7. The van der Waals surface area contributed by atoms with Crippen molar-refractivity contribution in [2.75, 3.05) is 6.54 Å². The first kappa shape index (κ1) is 17.9. The molecule has 1 aromatic carbocycles. The molecule has 0 spiro atoms. The largest absolute Gasteiger partial charge is 0.310 e. The molecule has 1 nitrogen and oxygen atoms in total. The van der Waals surface area contributed by atoms with Crippen LogP contribution in [0.25, 0.3) is 0 Å². The molecular formula is C16H24BrClFN. The molecule has 0 aliphatic heterocycles. The Kier molecular flexibility index (Phi) is 6.49. The summed E-state index contributed by atoms with van der Waals surface area (Å²) in [4.78, 5) is 0. The van der Waals surface area contributed by atoms with Gasteiger partial charge in [-0.05, 0) is 46.3 Å². The van der Waals surface area contributed by atoms with Crippen molar-refractivity contribution in [3.8, 4) is 0 Å². The summed E-state index contributed by atoms with van der Waals surface area (Å²) >= 11 is 9.26. The molecule has 0 saturated carbocycles.